The van der Waals surface area contributed by atoms with Gasteiger partial charge in [-0.05, 0) is 24.7 Å². The third-order valence-electron chi connectivity index (χ3n) is 4.18. The molecule has 1 aromatic carbocycles. The number of nitrogens with one attached hydrogen (secondary N) is 1. The van der Waals surface area contributed by atoms with Gasteiger partial charge in [-0.3, -0.25) is 0 Å². The number of halogens is 1. The number of aliphatic hydroxyl groups is 1. The van der Waals surface area contributed by atoms with Gasteiger partial charge in [0, 0.05) is 25.3 Å². The number of hydrogen-bond acceptors (Lipinski definition) is 4. The van der Waals surface area contributed by atoms with E-state index in [-0.39, 0.29) is 12.4 Å². The van der Waals surface area contributed by atoms with Crippen LogP contribution in [0, 0.1) is 17.7 Å². The second kappa shape index (κ2) is 6.79. The molecule has 112 valence electrons. The summed E-state index contributed by atoms with van der Waals surface area (Å²) in [4.78, 5) is 0. The molecule has 0 radical (unpaired) electrons. The maximum atomic E-state index is 13.9. The zero-order chi connectivity index (χ0) is 14.5. The van der Waals surface area contributed by atoms with Crippen molar-refractivity contribution in [3.8, 4) is 5.75 Å². The van der Waals surface area contributed by atoms with Gasteiger partial charge in [-0.15, -0.1) is 0 Å². The van der Waals surface area contributed by atoms with Gasteiger partial charge >= 0.3 is 0 Å². The molecule has 2 rings (SSSR count). The van der Waals surface area contributed by atoms with E-state index in [1.807, 2.05) is 0 Å². The van der Waals surface area contributed by atoms with Gasteiger partial charge in [0.25, 0.3) is 0 Å². The molecule has 0 amide bonds. The predicted octanol–water partition coefficient (Wildman–Crippen LogP) is 2.63. The quantitative estimate of drug-likeness (QED) is 0.726. The summed E-state index contributed by atoms with van der Waals surface area (Å²) in [5.74, 6) is 0.794. The summed E-state index contributed by atoms with van der Waals surface area (Å²) in [7, 11) is 1.51. The van der Waals surface area contributed by atoms with Crippen LogP contribution >= 0.6 is 0 Å². The van der Waals surface area contributed by atoms with Crippen molar-refractivity contribution >= 4 is 11.4 Å². The molecule has 1 aliphatic carbocycles. The molecule has 0 bridgehead atoms. The summed E-state index contributed by atoms with van der Waals surface area (Å²) < 4.78 is 19.0. The zero-order valence-corrected chi connectivity index (χ0v) is 11.9. The van der Waals surface area contributed by atoms with Crippen LogP contribution in [0.5, 0.6) is 5.75 Å². The summed E-state index contributed by atoms with van der Waals surface area (Å²) in [6, 6.07) is 2.85. The lowest BCUT2D eigenvalue weighted by molar-refractivity contribution is 0.141. The number of anilines is 2. The summed E-state index contributed by atoms with van der Waals surface area (Å²) in [5, 5.41) is 12.5. The van der Waals surface area contributed by atoms with E-state index in [4.69, 9.17) is 10.5 Å². The highest BCUT2D eigenvalue weighted by Gasteiger charge is 2.24. The summed E-state index contributed by atoms with van der Waals surface area (Å²) in [6.45, 7) is 0.870. The van der Waals surface area contributed by atoms with Crippen molar-refractivity contribution in [2.75, 3.05) is 31.3 Å². The van der Waals surface area contributed by atoms with Gasteiger partial charge in [-0.2, -0.15) is 0 Å². The topological polar surface area (TPSA) is 67.5 Å². The lowest BCUT2D eigenvalue weighted by atomic mass is 9.79. The van der Waals surface area contributed by atoms with Gasteiger partial charge in [-0.25, -0.2) is 4.39 Å². The fourth-order valence-electron chi connectivity index (χ4n) is 2.92. The first-order valence-electron chi connectivity index (χ1n) is 7.13. The number of methoxy groups -OCH3 is 1. The van der Waals surface area contributed by atoms with Gasteiger partial charge < -0.3 is 20.9 Å². The molecule has 1 saturated carbocycles. The van der Waals surface area contributed by atoms with Crippen LogP contribution in [0.3, 0.4) is 0 Å². The van der Waals surface area contributed by atoms with Crippen LogP contribution in [-0.4, -0.2) is 25.4 Å². The van der Waals surface area contributed by atoms with Crippen LogP contribution in [0.15, 0.2) is 12.1 Å². The molecule has 1 aromatic rings. The van der Waals surface area contributed by atoms with Crippen molar-refractivity contribution in [1.29, 1.82) is 0 Å². The van der Waals surface area contributed by atoms with Crippen molar-refractivity contribution < 1.29 is 14.2 Å². The molecule has 0 saturated heterocycles. The number of nitrogen functional groups attached to an aromatic ring is 1. The molecule has 4 nitrogen and oxygen atoms in total. The fraction of sp³-hybridized carbons (Fsp3) is 0.600. The number of rotatable bonds is 5. The van der Waals surface area contributed by atoms with Crippen molar-refractivity contribution in [3.63, 3.8) is 0 Å². The average Bonchev–Trinajstić information content (AvgIpc) is 2.46. The molecule has 4 N–H and O–H groups in total. The Hall–Kier alpha value is -1.49. The van der Waals surface area contributed by atoms with Crippen molar-refractivity contribution in [2.24, 2.45) is 11.8 Å². The Balaban J connectivity index is 2.02. The van der Waals surface area contributed by atoms with Crippen LogP contribution in [0.1, 0.15) is 25.7 Å². The molecule has 1 fully saturated rings. The third-order valence-corrected chi connectivity index (χ3v) is 4.18. The van der Waals surface area contributed by atoms with Gasteiger partial charge in [-0.1, -0.05) is 12.8 Å². The molecule has 0 heterocycles. The van der Waals surface area contributed by atoms with E-state index in [1.165, 1.54) is 26.0 Å². The van der Waals surface area contributed by atoms with Crippen LogP contribution in [0.4, 0.5) is 15.8 Å². The highest BCUT2D eigenvalue weighted by molar-refractivity contribution is 5.62. The molecule has 0 spiro atoms. The van der Waals surface area contributed by atoms with Crippen LogP contribution in [0.25, 0.3) is 0 Å². The van der Waals surface area contributed by atoms with Gasteiger partial charge in [0.05, 0.1) is 18.5 Å². The highest BCUT2D eigenvalue weighted by Crippen LogP contribution is 2.32. The van der Waals surface area contributed by atoms with Gasteiger partial charge in [0.2, 0.25) is 0 Å². The maximum Gasteiger partial charge on any atom is 0.148 e. The average molecular weight is 282 g/mol. The predicted molar refractivity (Wildman–Crippen MR) is 78.4 cm³/mol. The monoisotopic (exact) mass is 282 g/mol. The fourth-order valence-corrected chi connectivity index (χ4v) is 2.92. The second-order valence-corrected chi connectivity index (χ2v) is 5.44. The minimum atomic E-state index is -0.375. The normalized spacial score (nSPS) is 22.6. The number of hydrogen-bond donors (Lipinski definition) is 3. The van der Waals surface area contributed by atoms with E-state index in [0.29, 0.717) is 35.5 Å². The third kappa shape index (κ3) is 3.33. The minimum absolute atomic E-state index is 0.208. The molecular weight excluding hydrogens is 259 g/mol. The second-order valence-electron chi connectivity index (χ2n) is 5.44. The Labute approximate surface area is 119 Å². The Morgan fingerprint density at radius 2 is 2.05 bits per heavy atom. The molecule has 1 aliphatic rings. The van der Waals surface area contributed by atoms with E-state index in [0.717, 1.165) is 12.8 Å². The lowest BCUT2D eigenvalue weighted by Crippen LogP contribution is -2.28. The smallest absolute Gasteiger partial charge is 0.148 e. The van der Waals surface area contributed by atoms with E-state index >= 15 is 0 Å². The zero-order valence-electron chi connectivity index (χ0n) is 11.9. The maximum absolute atomic E-state index is 13.9. The Bertz CT molecular complexity index is 454. The molecule has 0 aromatic heterocycles. The van der Waals surface area contributed by atoms with Crippen molar-refractivity contribution in [1.82, 2.24) is 0 Å². The highest BCUT2D eigenvalue weighted by atomic mass is 19.1. The standard InChI is InChI=1S/C15H23FN2O2/c1-20-15-7-14(12(16)6-13(15)17)18-8-10-4-2-3-5-11(10)9-19/h6-7,10-11,18-19H,2-5,8-9,17H2,1H3. The van der Waals surface area contributed by atoms with E-state index in [9.17, 15) is 9.50 Å². The van der Waals surface area contributed by atoms with E-state index in [1.54, 1.807) is 6.07 Å². The molecule has 0 aliphatic heterocycles. The Morgan fingerprint density at radius 3 is 2.70 bits per heavy atom. The lowest BCUT2D eigenvalue weighted by Gasteiger charge is -2.30. The Morgan fingerprint density at radius 1 is 1.35 bits per heavy atom. The van der Waals surface area contributed by atoms with E-state index in [2.05, 4.69) is 5.32 Å². The first-order valence-corrected chi connectivity index (χ1v) is 7.13. The van der Waals surface area contributed by atoms with Crippen molar-refractivity contribution in [2.45, 2.75) is 25.7 Å². The number of aliphatic hydroxyl groups excluding tert-OH is 1. The first-order chi connectivity index (χ1) is 9.65. The molecule has 5 heteroatoms. The number of benzene rings is 1. The number of ether oxygens (including phenoxy) is 1. The van der Waals surface area contributed by atoms with Gasteiger partial charge in [0.15, 0.2) is 0 Å². The minimum Gasteiger partial charge on any atom is -0.495 e. The van der Waals surface area contributed by atoms with Crippen LogP contribution in [-0.2, 0) is 0 Å². The van der Waals surface area contributed by atoms with Crippen molar-refractivity contribution in [3.05, 3.63) is 17.9 Å². The first kappa shape index (κ1) is 14.9. The summed E-state index contributed by atoms with van der Waals surface area (Å²) in [5.41, 5.74) is 6.35. The van der Waals surface area contributed by atoms with Crippen LogP contribution < -0.4 is 15.8 Å². The summed E-state index contributed by atoms with van der Waals surface area (Å²) >= 11 is 0. The molecule has 2 atom stereocenters. The Kier molecular flexibility index (Phi) is 5.06. The van der Waals surface area contributed by atoms with E-state index < -0.39 is 0 Å². The number of nitrogens with two attached hydrogens (primary N) is 1. The summed E-state index contributed by atoms with van der Waals surface area (Å²) in [6.07, 6.45) is 4.48. The SMILES string of the molecule is COc1cc(NCC2CCCCC2CO)c(F)cc1N. The molecule has 20 heavy (non-hydrogen) atoms. The molecule has 2 unspecified atom stereocenters. The van der Waals surface area contributed by atoms with Crippen LogP contribution in [0.2, 0.25) is 0 Å². The van der Waals surface area contributed by atoms with Gasteiger partial charge in [0.1, 0.15) is 11.6 Å². The largest absolute Gasteiger partial charge is 0.495 e. The molecular formula is C15H23FN2O2.